The van der Waals surface area contributed by atoms with Crippen molar-refractivity contribution in [2.45, 2.75) is 32.8 Å². The van der Waals surface area contributed by atoms with Crippen LogP contribution in [0, 0.1) is 0 Å². The summed E-state index contributed by atoms with van der Waals surface area (Å²) >= 11 is 12.2. The summed E-state index contributed by atoms with van der Waals surface area (Å²) in [6, 6.07) is 13.5. The lowest BCUT2D eigenvalue weighted by molar-refractivity contribution is 0.0528. The Labute approximate surface area is 196 Å². The number of fused-ring (bicyclic) bond motifs is 3. The van der Waals surface area contributed by atoms with Crippen LogP contribution in [0.1, 0.15) is 26.3 Å². The Hall–Kier alpha value is -2.96. The van der Waals surface area contributed by atoms with E-state index in [1.807, 2.05) is 45.0 Å². The summed E-state index contributed by atoms with van der Waals surface area (Å²) in [6.07, 6.45) is 1.87. The van der Waals surface area contributed by atoms with Crippen molar-refractivity contribution in [3.8, 4) is 0 Å². The van der Waals surface area contributed by atoms with Gasteiger partial charge in [0.2, 0.25) is 0 Å². The van der Waals surface area contributed by atoms with Gasteiger partial charge in [0, 0.05) is 39.1 Å². The lowest BCUT2D eigenvalue weighted by Gasteiger charge is -2.19. The van der Waals surface area contributed by atoms with Crippen molar-refractivity contribution in [1.82, 2.24) is 15.3 Å². The number of nitrogens with zero attached hydrogens (tertiary/aromatic N) is 1. The van der Waals surface area contributed by atoms with Gasteiger partial charge in [-0.1, -0.05) is 23.2 Å². The summed E-state index contributed by atoms with van der Waals surface area (Å²) in [5, 5.41) is 9.40. The molecule has 2 heterocycles. The van der Waals surface area contributed by atoms with Crippen LogP contribution in [0.3, 0.4) is 0 Å². The number of rotatable bonds is 5. The number of halogens is 2. The second-order valence-electron chi connectivity index (χ2n) is 8.55. The summed E-state index contributed by atoms with van der Waals surface area (Å²) in [5.74, 6) is 0. The molecule has 2 aromatic heterocycles. The molecule has 3 N–H and O–H groups in total. The molecule has 2 aromatic carbocycles. The SMILES string of the molecule is CC(C)(C)OC(=O)NCCc1cc(Nc2ccc(Cl)nc2)cc2c1[nH]c1ccc(Cl)cc12. The van der Waals surface area contributed by atoms with E-state index in [0.29, 0.717) is 23.1 Å². The van der Waals surface area contributed by atoms with Crippen molar-refractivity contribution in [3.05, 3.63) is 64.4 Å². The van der Waals surface area contributed by atoms with Gasteiger partial charge in [-0.2, -0.15) is 0 Å². The maximum Gasteiger partial charge on any atom is 0.407 e. The number of carbonyl (C=O) groups excluding carboxylic acids is 1. The molecule has 0 aliphatic carbocycles. The normalized spacial score (nSPS) is 11.7. The lowest BCUT2D eigenvalue weighted by Crippen LogP contribution is -2.33. The molecule has 4 aromatic rings. The van der Waals surface area contributed by atoms with Crippen LogP contribution >= 0.6 is 23.2 Å². The molecule has 6 nitrogen and oxygen atoms in total. The van der Waals surface area contributed by atoms with Gasteiger partial charge in [0.1, 0.15) is 10.8 Å². The fourth-order valence-electron chi connectivity index (χ4n) is 3.54. The Kier molecular flexibility index (Phi) is 6.17. The number of carbonyl (C=O) groups is 1. The highest BCUT2D eigenvalue weighted by molar-refractivity contribution is 6.32. The first-order valence-electron chi connectivity index (χ1n) is 10.3. The molecule has 0 unspecified atom stereocenters. The van der Waals surface area contributed by atoms with Crippen LogP contribution in [0.2, 0.25) is 10.2 Å². The Bertz CT molecular complexity index is 1280. The van der Waals surface area contributed by atoms with Crippen LogP contribution in [-0.4, -0.2) is 28.2 Å². The third kappa shape index (κ3) is 5.26. The minimum atomic E-state index is -0.537. The van der Waals surface area contributed by atoms with Gasteiger partial charge in [0.05, 0.1) is 11.9 Å². The number of pyridine rings is 1. The summed E-state index contributed by atoms with van der Waals surface area (Å²) in [5.41, 5.74) is 4.24. The number of benzene rings is 2. The van der Waals surface area contributed by atoms with Crippen molar-refractivity contribution in [2.24, 2.45) is 0 Å². The first-order chi connectivity index (χ1) is 15.2. The van der Waals surface area contributed by atoms with E-state index in [2.05, 4.69) is 32.7 Å². The zero-order valence-electron chi connectivity index (χ0n) is 18.1. The van der Waals surface area contributed by atoms with E-state index >= 15 is 0 Å². The van der Waals surface area contributed by atoms with Gasteiger partial charge in [0.25, 0.3) is 0 Å². The Balaban J connectivity index is 1.66. The number of nitrogens with one attached hydrogen (secondary N) is 3. The molecule has 0 aliphatic heterocycles. The van der Waals surface area contributed by atoms with Gasteiger partial charge in [-0.15, -0.1) is 0 Å². The second kappa shape index (κ2) is 8.88. The first-order valence-corrected chi connectivity index (χ1v) is 11.0. The number of hydrogen-bond acceptors (Lipinski definition) is 4. The number of ether oxygens (including phenoxy) is 1. The summed E-state index contributed by atoms with van der Waals surface area (Å²) in [6.45, 7) is 5.96. The van der Waals surface area contributed by atoms with E-state index in [4.69, 9.17) is 27.9 Å². The lowest BCUT2D eigenvalue weighted by atomic mass is 10.0. The summed E-state index contributed by atoms with van der Waals surface area (Å²) in [4.78, 5) is 19.7. The van der Waals surface area contributed by atoms with Gasteiger partial charge in [-0.25, -0.2) is 9.78 Å². The summed E-state index contributed by atoms with van der Waals surface area (Å²) < 4.78 is 5.33. The third-order valence-corrected chi connectivity index (χ3v) is 5.29. The Morgan fingerprint density at radius 1 is 1.06 bits per heavy atom. The minimum Gasteiger partial charge on any atom is -0.444 e. The van der Waals surface area contributed by atoms with Crippen LogP contribution < -0.4 is 10.6 Å². The van der Waals surface area contributed by atoms with Crippen LogP contribution in [0.5, 0.6) is 0 Å². The number of H-pyrrole nitrogens is 1. The van der Waals surface area contributed by atoms with Crippen LogP contribution in [0.15, 0.2) is 48.7 Å². The first kappa shape index (κ1) is 22.2. The fraction of sp³-hybridized carbons (Fsp3) is 0.250. The average molecular weight is 471 g/mol. The number of anilines is 2. The number of hydrogen-bond donors (Lipinski definition) is 3. The van der Waals surface area contributed by atoms with Crippen molar-refractivity contribution in [2.75, 3.05) is 11.9 Å². The van der Waals surface area contributed by atoms with Crippen molar-refractivity contribution < 1.29 is 9.53 Å². The molecule has 0 spiro atoms. The maximum atomic E-state index is 12.0. The molecule has 166 valence electrons. The Morgan fingerprint density at radius 3 is 2.59 bits per heavy atom. The second-order valence-corrected chi connectivity index (χ2v) is 9.37. The molecule has 0 aliphatic rings. The van der Waals surface area contributed by atoms with Crippen LogP contribution in [0.4, 0.5) is 16.2 Å². The fourth-order valence-corrected chi connectivity index (χ4v) is 3.83. The van der Waals surface area contributed by atoms with Gasteiger partial charge in [-0.05, 0) is 75.2 Å². The van der Waals surface area contributed by atoms with Gasteiger partial charge in [0.15, 0.2) is 0 Å². The topological polar surface area (TPSA) is 79.0 Å². The predicted molar refractivity (Wildman–Crippen MR) is 131 cm³/mol. The number of amides is 1. The molecular weight excluding hydrogens is 447 g/mol. The molecule has 0 saturated heterocycles. The molecule has 1 amide bonds. The monoisotopic (exact) mass is 470 g/mol. The third-order valence-electron chi connectivity index (χ3n) is 4.83. The largest absolute Gasteiger partial charge is 0.444 e. The van der Waals surface area contributed by atoms with E-state index in [1.54, 1.807) is 12.3 Å². The molecule has 8 heteroatoms. The van der Waals surface area contributed by atoms with Gasteiger partial charge < -0.3 is 20.4 Å². The Morgan fingerprint density at radius 2 is 1.88 bits per heavy atom. The number of alkyl carbamates (subject to hydrolysis) is 1. The highest BCUT2D eigenvalue weighted by Crippen LogP contribution is 2.33. The van der Waals surface area contributed by atoms with Gasteiger partial charge in [-0.3, -0.25) is 0 Å². The van der Waals surface area contributed by atoms with E-state index < -0.39 is 11.7 Å². The average Bonchev–Trinajstić information content (AvgIpc) is 3.06. The zero-order valence-corrected chi connectivity index (χ0v) is 19.6. The highest BCUT2D eigenvalue weighted by atomic mass is 35.5. The highest BCUT2D eigenvalue weighted by Gasteiger charge is 2.16. The molecule has 0 atom stereocenters. The summed E-state index contributed by atoms with van der Waals surface area (Å²) in [7, 11) is 0. The standard InChI is InChI=1S/C24H24Cl2N4O2/c1-24(2,3)32-23(31)27-9-8-14-10-17(29-16-5-7-21(26)28-13-16)12-19-18-11-15(25)4-6-20(18)30-22(14)19/h4-7,10-13,29-30H,8-9H2,1-3H3,(H,27,31). The van der Waals surface area contributed by atoms with E-state index in [9.17, 15) is 4.79 Å². The maximum absolute atomic E-state index is 12.0. The minimum absolute atomic E-state index is 0.432. The molecular formula is C24H24Cl2N4O2. The van der Waals surface area contributed by atoms with E-state index in [0.717, 1.165) is 38.7 Å². The molecule has 0 fully saturated rings. The quantitative estimate of drug-likeness (QED) is 0.279. The van der Waals surface area contributed by atoms with E-state index in [1.165, 1.54) is 0 Å². The molecule has 0 radical (unpaired) electrons. The van der Waals surface area contributed by atoms with Crippen molar-refractivity contribution in [3.63, 3.8) is 0 Å². The van der Waals surface area contributed by atoms with Crippen LogP contribution in [0.25, 0.3) is 21.8 Å². The molecule has 0 bridgehead atoms. The smallest absolute Gasteiger partial charge is 0.407 e. The number of aromatic amines is 1. The van der Waals surface area contributed by atoms with E-state index in [-0.39, 0.29) is 0 Å². The van der Waals surface area contributed by atoms with Crippen molar-refractivity contribution >= 4 is 62.5 Å². The predicted octanol–water partition coefficient (Wildman–Crippen LogP) is 6.83. The van der Waals surface area contributed by atoms with Gasteiger partial charge >= 0.3 is 6.09 Å². The van der Waals surface area contributed by atoms with Crippen LogP contribution in [-0.2, 0) is 11.2 Å². The zero-order chi connectivity index (χ0) is 22.9. The molecule has 32 heavy (non-hydrogen) atoms. The van der Waals surface area contributed by atoms with Crippen molar-refractivity contribution in [1.29, 1.82) is 0 Å². The molecule has 0 saturated carbocycles. The molecule has 4 rings (SSSR count). The number of aromatic nitrogens is 2.